The van der Waals surface area contributed by atoms with E-state index in [4.69, 9.17) is 5.73 Å². The van der Waals surface area contributed by atoms with Crippen molar-refractivity contribution in [1.82, 2.24) is 0 Å². The normalized spacial score (nSPS) is 9.62. The molecule has 76 valence electrons. The molecule has 0 aliphatic rings. The summed E-state index contributed by atoms with van der Waals surface area (Å²) in [5.41, 5.74) is 4.96. The van der Waals surface area contributed by atoms with Crippen molar-refractivity contribution >= 4 is 11.9 Å². The quantitative estimate of drug-likeness (QED) is 0.477. The molecular formula is C9H17NO3. The summed E-state index contributed by atoms with van der Waals surface area (Å²) in [7, 11) is 1.38. The van der Waals surface area contributed by atoms with E-state index in [0.717, 1.165) is 25.7 Å². The van der Waals surface area contributed by atoms with Crippen molar-refractivity contribution in [1.29, 1.82) is 0 Å². The molecule has 1 amide bonds. The zero-order chi connectivity index (χ0) is 10.1. The van der Waals surface area contributed by atoms with Gasteiger partial charge in [-0.3, -0.25) is 9.59 Å². The Morgan fingerprint density at radius 2 is 1.62 bits per heavy atom. The molecule has 0 aromatic carbocycles. The smallest absolute Gasteiger partial charge is 0.305 e. The van der Waals surface area contributed by atoms with Crippen LogP contribution in [0.25, 0.3) is 0 Å². The first-order valence-electron chi connectivity index (χ1n) is 4.52. The van der Waals surface area contributed by atoms with Gasteiger partial charge in [0.2, 0.25) is 5.91 Å². The summed E-state index contributed by atoms with van der Waals surface area (Å²) < 4.78 is 4.48. The minimum atomic E-state index is -0.257. The van der Waals surface area contributed by atoms with Crippen molar-refractivity contribution in [3.8, 4) is 0 Å². The maximum Gasteiger partial charge on any atom is 0.305 e. The Labute approximate surface area is 78.4 Å². The molecular weight excluding hydrogens is 170 g/mol. The van der Waals surface area contributed by atoms with Gasteiger partial charge >= 0.3 is 5.97 Å². The van der Waals surface area contributed by atoms with Gasteiger partial charge in [0.05, 0.1) is 7.11 Å². The predicted molar refractivity (Wildman–Crippen MR) is 48.9 cm³/mol. The zero-order valence-corrected chi connectivity index (χ0v) is 8.04. The molecule has 0 aromatic heterocycles. The second-order valence-corrected chi connectivity index (χ2v) is 2.96. The average molecular weight is 187 g/mol. The van der Waals surface area contributed by atoms with Gasteiger partial charge in [0.25, 0.3) is 0 Å². The van der Waals surface area contributed by atoms with Gasteiger partial charge in [-0.25, -0.2) is 0 Å². The highest BCUT2D eigenvalue weighted by atomic mass is 16.5. The Morgan fingerprint density at radius 3 is 2.08 bits per heavy atom. The second kappa shape index (κ2) is 7.58. The van der Waals surface area contributed by atoms with Crippen molar-refractivity contribution in [2.75, 3.05) is 7.11 Å². The van der Waals surface area contributed by atoms with Gasteiger partial charge in [0.1, 0.15) is 0 Å². The topological polar surface area (TPSA) is 69.4 Å². The van der Waals surface area contributed by atoms with E-state index < -0.39 is 0 Å². The number of primary amides is 1. The largest absolute Gasteiger partial charge is 0.469 e. The number of carbonyl (C=O) groups is 2. The van der Waals surface area contributed by atoms with E-state index in [1.165, 1.54) is 7.11 Å². The summed E-state index contributed by atoms with van der Waals surface area (Å²) in [6.45, 7) is 0. The maximum absolute atomic E-state index is 10.7. The van der Waals surface area contributed by atoms with Crippen LogP contribution >= 0.6 is 0 Å². The van der Waals surface area contributed by atoms with Gasteiger partial charge in [0, 0.05) is 12.8 Å². The summed E-state index contributed by atoms with van der Waals surface area (Å²) in [5.74, 6) is -0.428. The van der Waals surface area contributed by atoms with Crippen LogP contribution in [0.15, 0.2) is 0 Å². The van der Waals surface area contributed by atoms with Gasteiger partial charge in [0.15, 0.2) is 0 Å². The molecule has 0 aromatic rings. The van der Waals surface area contributed by atoms with Crippen LogP contribution in [0.3, 0.4) is 0 Å². The molecule has 13 heavy (non-hydrogen) atoms. The van der Waals surface area contributed by atoms with Crippen molar-refractivity contribution in [3.63, 3.8) is 0 Å². The summed E-state index contributed by atoms with van der Waals surface area (Å²) in [6.07, 6.45) is 4.44. The molecule has 2 N–H and O–H groups in total. The molecule has 4 nitrogen and oxygen atoms in total. The van der Waals surface area contributed by atoms with E-state index in [0.29, 0.717) is 12.8 Å². The van der Waals surface area contributed by atoms with Crippen LogP contribution in [0.1, 0.15) is 38.5 Å². The highest BCUT2D eigenvalue weighted by Crippen LogP contribution is 2.05. The lowest BCUT2D eigenvalue weighted by Gasteiger charge is -1.99. The van der Waals surface area contributed by atoms with Crippen molar-refractivity contribution in [2.24, 2.45) is 5.73 Å². The van der Waals surface area contributed by atoms with Crippen LogP contribution in [0.5, 0.6) is 0 Å². The molecule has 0 aliphatic carbocycles. The van der Waals surface area contributed by atoms with Crippen LogP contribution < -0.4 is 5.73 Å². The van der Waals surface area contributed by atoms with Crippen molar-refractivity contribution < 1.29 is 14.3 Å². The third kappa shape index (κ3) is 8.85. The molecule has 4 heteroatoms. The van der Waals surface area contributed by atoms with Crippen LogP contribution in [0.2, 0.25) is 0 Å². The molecule has 0 fully saturated rings. The monoisotopic (exact) mass is 187 g/mol. The molecule has 0 rings (SSSR count). The SMILES string of the molecule is COC(=O)CCCCCCC(N)=O. The third-order valence-electron chi connectivity index (χ3n) is 1.78. The Hall–Kier alpha value is -1.06. The minimum Gasteiger partial charge on any atom is -0.469 e. The van der Waals surface area contributed by atoms with Crippen LogP contribution in [-0.4, -0.2) is 19.0 Å². The van der Waals surface area contributed by atoms with Gasteiger partial charge in [-0.05, 0) is 12.8 Å². The summed E-state index contributed by atoms with van der Waals surface area (Å²) in [5, 5.41) is 0. The van der Waals surface area contributed by atoms with E-state index >= 15 is 0 Å². The van der Waals surface area contributed by atoms with Crippen molar-refractivity contribution in [3.05, 3.63) is 0 Å². The van der Waals surface area contributed by atoms with Crippen molar-refractivity contribution in [2.45, 2.75) is 38.5 Å². The first-order valence-corrected chi connectivity index (χ1v) is 4.52. The van der Waals surface area contributed by atoms with Gasteiger partial charge in [-0.1, -0.05) is 12.8 Å². The fourth-order valence-corrected chi connectivity index (χ4v) is 1.02. The number of hydrogen-bond acceptors (Lipinski definition) is 3. The number of methoxy groups -OCH3 is 1. The van der Waals surface area contributed by atoms with Gasteiger partial charge < -0.3 is 10.5 Å². The maximum atomic E-state index is 10.7. The lowest BCUT2D eigenvalue weighted by atomic mass is 10.1. The number of esters is 1. The van der Waals surface area contributed by atoms with Crippen LogP contribution in [0.4, 0.5) is 0 Å². The number of carbonyl (C=O) groups excluding carboxylic acids is 2. The number of ether oxygens (including phenoxy) is 1. The fraction of sp³-hybridized carbons (Fsp3) is 0.778. The Bertz CT molecular complexity index is 168. The molecule has 0 saturated heterocycles. The van der Waals surface area contributed by atoms with E-state index in [2.05, 4.69) is 4.74 Å². The molecule has 0 saturated carbocycles. The predicted octanol–water partition coefficient (Wildman–Crippen LogP) is 0.985. The summed E-state index contributed by atoms with van der Waals surface area (Å²) >= 11 is 0. The molecule has 0 heterocycles. The van der Waals surface area contributed by atoms with E-state index in [1.54, 1.807) is 0 Å². The lowest BCUT2D eigenvalue weighted by Crippen LogP contribution is -2.09. The molecule has 0 unspecified atom stereocenters. The number of unbranched alkanes of at least 4 members (excludes halogenated alkanes) is 3. The Morgan fingerprint density at radius 1 is 1.08 bits per heavy atom. The minimum absolute atomic E-state index is 0.171. The van der Waals surface area contributed by atoms with Gasteiger partial charge in [-0.2, -0.15) is 0 Å². The standard InChI is InChI=1S/C9H17NO3/c1-13-9(12)7-5-3-2-4-6-8(10)11/h2-7H2,1H3,(H2,10,11). The Balaban J connectivity index is 3.08. The fourth-order valence-electron chi connectivity index (χ4n) is 1.02. The number of hydrogen-bond donors (Lipinski definition) is 1. The highest BCUT2D eigenvalue weighted by Gasteiger charge is 1.99. The molecule has 0 radical (unpaired) electrons. The van der Waals surface area contributed by atoms with E-state index in [9.17, 15) is 9.59 Å². The second-order valence-electron chi connectivity index (χ2n) is 2.96. The third-order valence-corrected chi connectivity index (χ3v) is 1.78. The zero-order valence-electron chi connectivity index (χ0n) is 8.04. The first-order chi connectivity index (χ1) is 6.16. The molecule has 0 bridgehead atoms. The van der Waals surface area contributed by atoms with Gasteiger partial charge in [-0.15, -0.1) is 0 Å². The highest BCUT2D eigenvalue weighted by molar-refractivity contribution is 5.73. The number of rotatable bonds is 7. The Kier molecular flexibility index (Phi) is 6.96. The average Bonchev–Trinajstić information content (AvgIpc) is 2.10. The van der Waals surface area contributed by atoms with Crippen LogP contribution in [0, 0.1) is 0 Å². The molecule has 0 spiro atoms. The van der Waals surface area contributed by atoms with E-state index in [1.807, 2.05) is 0 Å². The molecule has 0 aliphatic heterocycles. The summed E-state index contributed by atoms with van der Waals surface area (Å²) in [6, 6.07) is 0. The van der Waals surface area contributed by atoms with Crippen LogP contribution in [-0.2, 0) is 14.3 Å². The summed E-state index contributed by atoms with van der Waals surface area (Å²) in [4.78, 5) is 21.0. The van der Waals surface area contributed by atoms with E-state index in [-0.39, 0.29) is 11.9 Å². The first kappa shape index (κ1) is 11.9. The molecule has 0 atom stereocenters. The lowest BCUT2D eigenvalue weighted by molar-refractivity contribution is -0.140. The number of amides is 1. The number of nitrogens with two attached hydrogens (primary N) is 1.